The third kappa shape index (κ3) is 3.58. The lowest BCUT2D eigenvalue weighted by atomic mass is 10.1. The molecule has 1 aromatic rings. The molecule has 0 aliphatic carbocycles. The van der Waals surface area contributed by atoms with Crippen molar-refractivity contribution in [3.63, 3.8) is 0 Å². The molecule has 0 spiro atoms. The Bertz CT molecular complexity index is 480. The number of rotatable bonds is 5. The van der Waals surface area contributed by atoms with E-state index in [9.17, 15) is 15.0 Å². The van der Waals surface area contributed by atoms with Gasteiger partial charge in [0.15, 0.2) is 0 Å². The Labute approximate surface area is 128 Å². The monoisotopic (exact) mass is 312 g/mol. The molecule has 0 bridgehead atoms. The number of hydrogen-bond donors (Lipinski definition) is 2. The summed E-state index contributed by atoms with van der Waals surface area (Å²) in [6.45, 7) is 3.58. The number of ether oxygens (including phenoxy) is 2. The lowest BCUT2D eigenvalue weighted by molar-refractivity contribution is -0.0390. The quantitative estimate of drug-likeness (QED) is 0.801. The molecule has 2 rings (SSSR count). The highest BCUT2D eigenvalue weighted by Crippen LogP contribution is 2.39. The number of thioether (sulfide) groups is 1. The van der Waals surface area contributed by atoms with Crippen LogP contribution in [0.25, 0.3) is 0 Å². The fourth-order valence-electron chi connectivity index (χ4n) is 2.31. The van der Waals surface area contributed by atoms with E-state index in [0.717, 1.165) is 5.75 Å². The molecule has 1 aliphatic heterocycles. The van der Waals surface area contributed by atoms with Crippen LogP contribution in [0.2, 0.25) is 0 Å². The summed E-state index contributed by atoms with van der Waals surface area (Å²) in [4.78, 5) is 11.0. The molecule has 5 nitrogen and oxygen atoms in total. The zero-order valence-corrected chi connectivity index (χ0v) is 12.9. The molecule has 1 saturated heterocycles. The Morgan fingerprint density at radius 1 is 1.38 bits per heavy atom. The minimum atomic E-state index is -1.07. The van der Waals surface area contributed by atoms with Gasteiger partial charge >= 0.3 is 5.97 Å². The Hall–Kier alpha value is -1.08. The lowest BCUT2D eigenvalue weighted by Crippen LogP contribution is -2.38. The summed E-state index contributed by atoms with van der Waals surface area (Å²) in [6.07, 6.45) is -2.81. The number of benzene rings is 1. The maximum absolute atomic E-state index is 11.8. The van der Waals surface area contributed by atoms with E-state index < -0.39 is 29.2 Å². The fraction of sp³-hybridized carbons (Fsp3) is 0.533. The topological polar surface area (TPSA) is 76.0 Å². The number of carbonyl (C=O) groups is 1. The van der Waals surface area contributed by atoms with Crippen molar-refractivity contribution in [1.82, 2.24) is 0 Å². The molecule has 4 atom stereocenters. The van der Waals surface area contributed by atoms with Crippen LogP contribution in [0.1, 0.15) is 24.2 Å². The van der Waals surface area contributed by atoms with E-state index in [1.807, 2.05) is 13.0 Å². The summed E-state index contributed by atoms with van der Waals surface area (Å²) in [5.74, 6) is 0.272. The molecule has 21 heavy (non-hydrogen) atoms. The summed E-state index contributed by atoms with van der Waals surface area (Å²) < 4.78 is 10.8. The van der Waals surface area contributed by atoms with Gasteiger partial charge in [-0.1, -0.05) is 25.1 Å². The molecule has 1 heterocycles. The second-order valence-corrected chi connectivity index (χ2v) is 6.68. The molecular weight excluding hydrogens is 292 g/mol. The zero-order valence-electron chi connectivity index (χ0n) is 12.1. The second-order valence-electron chi connectivity index (χ2n) is 5.01. The third-order valence-corrected chi connectivity index (χ3v) is 4.65. The summed E-state index contributed by atoms with van der Waals surface area (Å²) in [7, 11) is 0. The van der Waals surface area contributed by atoms with Gasteiger partial charge in [0.1, 0.15) is 29.9 Å². The van der Waals surface area contributed by atoms with Gasteiger partial charge in [-0.2, -0.15) is 0 Å². The van der Waals surface area contributed by atoms with Gasteiger partial charge in [0, 0.05) is 0 Å². The minimum absolute atomic E-state index is 0.0914. The van der Waals surface area contributed by atoms with Crippen LogP contribution in [-0.2, 0) is 9.47 Å². The Balaban J connectivity index is 1.93. The smallest absolute Gasteiger partial charge is 0.338 e. The molecule has 1 aromatic carbocycles. The van der Waals surface area contributed by atoms with Gasteiger partial charge in [-0.05, 0) is 24.8 Å². The van der Waals surface area contributed by atoms with E-state index in [1.165, 1.54) is 11.8 Å². The number of aliphatic hydroxyl groups excluding tert-OH is 2. The largest absolute Gasteiger partial charge is 0.459 e. The van der Waals surface area contributed by atoms with Crippen LogP contribution in [-0.4, -0.2) is 51.8 Å². The van der Waals surface area contributed by atoms with Gasteiger partial charge in [-0.3, -0.25) is 0 Å². The van der Waals surface area contributed by atoms with Gasteiger partial charge in [-0.15, -0.1) is 11.8 Å². The highest BCUT2D eigenvalue weighted by molar-refractivity contribution is 8.00. The van der Waals surface area contributed by atoms with Crippen molar-refractivity contribution < 1.29 is 24.5 Å². The average Bonchev–Trinajstić information content (AvgIpc) is 2.70. The van der Waals surface area contributed by atoms with Crippen LogP contribution < -0.4 is 0 Å². The number of esters is 1. The molecule has 116 valence electrons. The van der Waals surface area contributed by atoms with Gasteiger partial charge in [-0.25, -0.2) is 4.79 Å². The van der Waals surface area contributed by atoms with Crippen LogP contribution in [0.4, 0.5) is 0 Å². The summed E-state index contributed by atoms with van der Waals surface area (Å²) >= 11 is 1.41. The van der Waals surface area contributed by atoms with Crippen molar-refractivity contribution in [2.75, 3.05) is 12.4 Å². The Kier molecular flexibility index (Phi) is 5.27. The highest BCUT2D eigenvalue weighted by atomic mass is 32.2. The van der Waals surface area contributed by atoms with Gasteiger partial charge in [0.25, 0.3) is 0 Å². The fourth-order valence-corrected chi connectivity index (χ4v) is 3.38. The van der Waals surface area contributed by atoms with Crippen molar-refractivity contribution in [3.05, 3.63) is 35.9 Å². The predicted molar refractivity (Wildman–Crippen MR) is 80.1 cm³/mol. The molecule has 0 radical (unpaired) electrons. The Morgan fingerprint density at radius 2 is 2.05 bits per heavy atom. The van der Waals surface area contributed by atoms with Crippen LogP contribution in [0.15, 0.2) is 30.3 Å². The minimum Gasteiger partial charge on any atom is -0.459 e. The SMILES string of the molecule is CCS[C@]1(C)O[C@@H](COC(=O)c2ccccc2)[C@H](O)[C@@H]1O. The first-order valence-electron chi connectivity index (χ1n) is 6.88. The third-order valence-electron chi connectivity index (χ3n) is 3.45. The Morgan fingerprint density at radius 3 is 2.67 bits per heavy atom. The second kappa shape index (κ2) is 6.79. The van der Waals surface area contributed by atoms with Crippen molar-refractivity contribution in [2.45, 2.75) is 37.1 Å². The van der Waals surface area contributed by atoms with Gasteiger partial charge < -0.3 is 19.7 Å². The van der Waals surface area contributed by atoms with E-state index in [-0.39, 0.29) is 6.61 Å². The normalized spacial score (nSPS) is 32.1. The average molecular weight is 312 g/mol. The molecule has 0 saturated carbocycles. The zero-order chi connectivity index (χ0) is 15.5. The van der Waals surface area contributed by atoms with Crippen LogP contribution in [0.3, 0.4) is 0 Å². The maximum atomic E-state index is 11.8. The van der Waals surface area contributed by atoms with Crippen molar-refractivity contribution in [2.24, 2.45) is 0 Å². The molecule has 0 aromatic heterocycles. The lowest BCUT2D eigenvalue weighted by Gasteiger charge is -2.26. The molecule has 6 heteroatoms. The summed E-state index contributed by atoms with van der Waals surface area (Å²) in [5.41, 5.74) is 0.441. The maximum Gasteiger partial charge on any atom is 0.338 e. The molecule has 1 aliphatic rings. The number of hydrogen-bond acceptors (Lipinski definition) is 6. The molecule has 0 amide bonds. The predicted octanol–water partition coefficient (Wildman–Crippen LogP) is 1.43. The van der Waals surface area contributed by atoms with Gasteiger partial charge in [0.2, 0.25) is 0 Å². The van der Waals surface area contributed by atoms with Crippen molar-refractivity contribution >= 4 is 17.7 Å². The van der Waals surface area contributed by atoms with Crippen LogP contribution in [0.5, 0.6) is 0 Å². The van der Waals surface area contributed by atoms with Crippen molar-refractivity contribution in [3.8, 4) is 0 Å². The summed E-state index contributed by atoms with van der Waals surface area (Å²) in [6, 6.07) is 8.61. The van der Waals surface area contributed by atoms with E-state index in [1.54, 1.807) is 31.2 Å². The van der Waals surface area contributed by atoms with Crippen LogP contribution >= 0.6 is 11.8 Å². The van der Waals surface area contributed by atoms with E-state index in [2.05, 4.69) is 0 Å². The standard InChI is InChI=1S/C15H20O5S/c1-3-21-15(2)13(17)12(16)11(20-15)9-19-14(18)10-7-5-4-6-8-10/h4-8,11-13,16-17H,3,9H2,1-2H3/t11-,12-,13-,15-/m0/s1. The van der Waals surface area contributed by atoms with Gasteiger partial charge in [0.05, 0.1) is 5.56 Å². The van der Waals surface area contributed by atoms with E-state index in [0.29, 0.717) is 5.56 Å². The van der Waals surface area contributed by atoms with E-state index in [4.69, 9.17) is 9.47 Å². The number of carbonyl (C=O) groups excluding carboxylic acids is 1. The van der Waals surface area contributed by atoms with Crippen LogP contribution in [0, 0.1) is 0 Å². The first-order valence-corrected chi connectivity index (χ1v) is 7.86. The first-order chi connectivity index (χ1) is 9.98. The first kappa shape index (κ1) is 16.3. The molecule has 2 N–H and O–H groups in total. The summed E-state index contributed by atoms with van der Waals surface area (Å²) in [5, 5.41) is 20.1. The number of aliphatic hydroxyl groups is 2. The van der Waals surface area contributed by atoms with E-state index >= 15 is 0 Å². The van der Waals surface area contributed by atoms with Crippen molar-refractivity contribution in [1.29, 1.82) is 0 Å². The molecule has 0 unspecified atom stereocenters. The highest BCUT2D eigenvalue weighted by Gasteiger charge is 2.51. The molecule has 1 fully saturated rings. The molecular formula is C15H20O5S.